The Bertz CT molecular complexity index is 1010. The predicted octanol–water partition coefficient (Wildman–Crippen LogP) is 4.42. The molecule has 0 aliphatic heterocycles. The molecule has 1 unspecified atom stereocenters. The highest BCUT2D eigenvalue weighted by Crippen LogP contribution is 2.28. The third-order valence-electron chi connectivity index (χ3n) is 5.30. The first kappa shape index (κ1) is 23.1. The Hall–Kier alpha value is -2.58. The number of phenols is 1. The van der Waals surface area contributed by atoms with Gasteiger partial charge in [0.2, 0.25) is 5.95 Å². The molecule has 2 heterocycles. The molecule has 0 radical (unpaired) electrons. The quantitative estimate of drug-likeness (QED) is 0.323. The number of imidazole rings is 1. The van der Waals surface area contributed by atoms with Crippen molar-refractivity contribution in [2.24, 2.45) is 5.92 Å². The SMILES string of the molecule is CCCCCn1cnc2c(NCc3cccc(Cl)c3O)nc(NC(CO)C(C)C)nc21. The summed E-state index contributed by atoms with van der Waals surface area (Å²) in [7, 11) is 0. The average Bonchev–Trinajstić information content (AvgIpc) is 3.16. The number of nitrogens with zero attached hydrogens (tertiary/aromatic N) is 4. The number of para-hydroxylation sites is 1. The van der Waals surface area contributed by atoms with Gasteiger partial charge in [0.25, 0.3) is 0 Å². The lowest BCUT2D eigenvalue weighted by molar-refractivity contribution is 0.248. The molecule has 0 fully saturated rings. The number of nitrogens with one attached hydrogen (secondary N) is 2. The highest BCUT2D eigenvalue weighted by molar-refractivity contribution is 6.32. The van der Waals surface area contributed by atoms with E-state index in [2.05, 4.69) is 32.5 Å². The number of hydrogen-bond donors (Lipinski definition) is 4. The van der Waals surface area contributed by atoms with Crippen molar-refractivity contribution >= 4 is 34.5 Å². The van der Waals surface area contributed by atoms with E-state index in [0.717, 1.165) is 31.5 Å². The van der Waals surface area contributed by atoms with Crippen molar-refractivity contribution in [2.45, 2.75) is 59.2 Å². The van der Waals surface area contributed by atoms with Crippen molar-refractivity contribution < 1.29 is 10.2 Å². The lowest BCUT2D eigenvalue weighted by atomic mass is 10.1. The maximum absolute atomic E-state index is 10.2. The molecule has 3 aromatic rings. The molecule has 1 aromatic carbocycles. The first-order valence-corrected chi connectivity index (χ1v) is 11.1. The van der Waals surface area contributed by atoms with Crippen LogP contribution in [0.15, 0.2) is 24.5 Å². The number of phenolic OH excluding ortho intramolecular Hbond substituents is 1. The fraction of sp³-hybridized carbons (Fsp3) is 0.500. The van der Waals surface area contributed by atoms with Crippen LogP contribution in [0, 0.1) is 5.92 Å². The minimum Gasteiger partial charge on any atom is -0.506 e. The molecule has 9 heteroatoms. The number of aryl methyl sites for hydroxylation is 1. The average molecular weight is 447 g/mol. The maximum Gasteiger partial charge on any atom is 0.227 e. The number of hydrogen-bond acceptors (Lipinski definition) is 7. The minimum absolute atomic E-state index is 0.0199. The van der Waals surface area contributed by atoms with Gasteiger partial charge < -0.3 is 25.4 Å². The molecule has 0 saturated carbocycles. The van der Waals surface area contributed by atoms with E-state index in [1.807, 2.05) is 18.4 Å². The summed E-state index contributed by atoms with van der Waals surface area (Å²) in [6.45, 7) is 7.36. The van der Waals surface area contributed by atoms with Gasteiger partial charge in [0, 0.05) is 18.7 Å². The molecular formula is C22H31ClN6O2. The third-order valence-corrected chi connectivity index (χ3v) is 5.60. The number of aliphatic hydroxyl groups excluding tert-OH is 1. The van der Waals surface area contributed by atoms with Crippen LogP contribution in [0.25, 0.3) is 11.2 Å². The summed E-state index contributed by atoms with van der Waals surface area (Å²) in [4.78, 5) is 13.8. The van der Waals surface area contributed by atoms with Gasteiger partial charge in [-0.15, -0.1) is 0 Å². The van der Waals surface area contributed by atoms with Crippen molar-refractivity contribution in [3.05, 3.63) is 35.1 Å². The molecule has 3 rings (SSSR count). The lowest BCUT2D eigenvalue weighted by Gasteiger charge is -2.20. The van der Waals surface area contributed by atoms with Gasteiger partial charge in [-0.05, 0) is 18.4 Å². The minimum atomic E-state index is -0.168. The zero-order valence-electron chi connectivity index (χ0n) is 18.3. The summed E-state index contributed by atoms with van der Waals surface area (Å²) >= 11 is 6.03. The van der Waals surface area contributed by atoms with E-state index >= 15 is 0 Å². The third kappa shape index (κ3) is 5.57. The fourth-order valence-electron chi connectivity index (χ4n) is 3.30. The first-order chi connectivity index (χ1) is 14.9. The van der Waals surface area contributed by atoms with Crippen LogP contribution in [0.3, 0.4) is 0 Å². The van der Waals surface area contributed by atoms with Crippen LogP contribution in [-0.2, 0) is 13.1 Å². The molecule has 2 aromatic heterocycles. The van der Waals surface area contributed by atoms with E-state index < -0.39 is 0 Å². The smallest absolute Gasteiger partial charge is 0.227 e. The van der Waals surface area contributed by atoms with Gasteiger partial charge in [0.05, 0.1) is 24.0 Å². The Morgan fingerprint density at radius 1 is 1.19 bits per heavy atom. The van der Waals surface area contributed by atoms with Crippen molar-refractivity contribution in [1.29, 1.82) is 0 Å². The van der Waals surface area contributed by atoms with Gasteiger partial charge in [-0.3, -0.25) is 0 Å². The van der Waals surface area contributed by atoms with Gasteiger partial charge in [-0.1, -0.05) is 57.3 Å². The number of aliphatic hydroxyl groups is 1. The molecule has 168 valence electrons. The molecule has 8 nitrogen and oxygen atoms in total. The van der Waals surface area contributed by atoms with Gasteiger partial charge in [-0.2, -0.15) is 9.97 Å². The number of fused-ring (bicyclic) bond motifs is 1. The van der Waals surface area contributed by atoms with Crippen LogP contribution in [-0.4, -0.2) is 42.4 Å². The Morgan fingerprint density at radius 3 is 2.71 bits per heavy atom. The topological polar surface area (TPSA) is 108 Å². The van der Waals surface area contributed by atoms with Crippen LogP contribution in [0.5, 0.6) is 5.75 Å². The summed E-state index contributed by atoms with van der Waals surface area (Å²) in [5, 5.41) is 26.7. The molecule has 0 bridgehead atoms. The summed E-state index contributed by atoms with van der Waals surface area (Å²) in [6, 6.07) is 5.07. The van der Waals surface area contributed by atoms with Crippen LogP contribution in [0.1, 0.15) is 45.6 Å². The fourth-order valence-corrected chi connectivity index (χ4v) is 3.49. The van der Waals surface area contributed by atoms with E-state index in [-0.39, 0.29) is 24.3 Å². The highest BCUT2D eigenvalue weighted by atomic mass is 35.5. The first-order valence-electron chi connectivity index (χ1n) is 10.7. The maximum atomic E-state index is 10.2. The van der Waals surface area contributed by atoms with Gasteiger partial charge in [0.15, 0.2) is 17.0 Å². The molecule has 0 spiro atoms. The van der Waals surface area contributed by atoms with Gasteiger partial charge in [0.1, 0.15) is 5.75 Å². The van der Waals surface area contributed by atoms with E-state index in [0.29, 0.717) is 34.4 Å². The Balaban J connectivity index is 1.94. The van der Waals surface area contributed by atoms with Gasteiger partial charge >= 0.3 is 0 Å². The van der Waals surface area contributed by atoms with Crippen molar-refractivity contribution in [3.63, 3.8) is 0 Å². The number of halogens is 1. The number of benzene rings is 1. The van der Waals surface area contributed by atoms with Gasteiger partial charge in [-0.25, -0.2) is 4.98 Å². The van der Waals surface area contributed by atoms with Crippen molar-refractivity contribution in [3.8, 4) is 5.75 Å². The molecular weight excluding hydrogens is 416 g/mol. The summed E-state index contributed by atoms with van der Waals surface area (Å²) in [6.07, 6.45) is 5.10. The molecule has 0 aliphatic rings. The standard InChI is InChI=1S/C22H31ClN6O2/c1-4-5-6-10-29-13-25-18-20(24-11-15-8-7-9-16(23)19(15)31)27-22(28-21(18)29)26-17(12-30)14(2)3/h7-9,13-14,17,30-31H,4-6,10-12H2,1-3H3,(H2,24,26,27,28). The van der Waals surface area contributed by atoms with E-state index in [1.165, 1.54) is 0 Å². The zero-order valence-corrected chi connectivity index (χ0v) is 19.0. The molecule has 4 N–H and O–H groups in total. The number of rotatable bonds is 11. The second-order valence-electron chi connectivity index (χ2n) is 7.99. The molecule has 31 heavy (non-hydrogen) atoms. The van der Waals surface area contributed by atoms with Crippen LogP contribution in [0.4, 0.5) is 11.8 Å². The van der Waals surface area contributed by atoms with Crippen LogP contribution >= 0.6 is 11.6 Å². The summed E-state index contributed by atoms with van der Waals surface area (Å²) in [5.41, 5.74) is 2.05. The molecule has 0 amide bonds. The zero-order chi connectivity index (χ0) is 22.4. The number of aromatic nitrogens is 4. The number of anilines is 2. The summed E-state index contributed by atoms with van der Waals surface area (Å²) in [5.74, 6) is 1.24. The Kier molecular flexibility index (Phi) is 7.92. The van der Waals surface area contributed by atoms with E-state index in [1.54, 1.807) is 24.5 Å². The number of unbranched alkanes of at least 4 members (excludes halogenated alkanes) is 2. The monoisotopic (exact) mass is 446 g/mol. The molecule has 1 atom stereocenters. The largest absolute Gasteiger partial charge is 0.506 e. The second-order valence-corrected chi connectivity index (χ2v) is 8.40. The van der Waals surface area contributed by atoms with Crippen molar-refractivity contribution in [1.82, 2.24) is 19.5 Å². The Labute approximate surface area is 187 Å². The lowest BCUT2D eigenvalue weighted by Crippen LogP contribution is -2.30. The van der Waals surface area contributed by atoms with E-state index in [9.17, 15) is 10.2 Å². The molecule has 0 aliphatic carbocycles. The Morgan fingerprint density at radius 2 is 2.00 bits per heavy atom. The summed E-state index contributed by atoms with van der Waals surface area (Å²) < 4.78 is 2.03. The van der Waals surface area contributed by atoms with Crippen molar-refractivity contribution in [2.75, 3.05) is 17.2 Å². The van der Waals surface area contributed by atoms with E-state index in [4.69, 9.17) is 11.6 Å². The normalized spacial score (nSPS) is 12.5. The highest BCUT2D eigenvalue weighted by Gasteiger charge is 2.18. The second kappa shape index (κ2) is 10.6. The van der Waals surface area contributed by atoms with Crippen LogP contribution < -0.4 is 10.6 Å². The predicted molar refractivity (Wildman–Crippen MR) is 125 cm³/mol. The molecule has 0 saturated heterocycles. The number of aromatic hydroxyl groups is 1. The van der Waals surface area contributed by atoms with Crippen LogP contribution in [0.2, 0.25) is 5.02 Å².